The second kappa shape index (κ2) is 5.06. The van der Waals surface area contributed by atoms with Crippen LogP contribution in [0.4, 0.5) is 5.69 Å². The first-order valence-corrected chi connectivity index (χ1v) is 6.44. The molecule has 3 rings (SSSR count). The maximum atomic E-state index is 10.9. The molecule has 1 N–H and O–H groups in total. The molecule has 1 heterocycles. The van der Waals surface area contributed by atoms with Crippen molar-refractivity contribution in [1.29, 1.82) is 0 Å². The molecule has 0 spiro atoms. The Morgan fingerprint density at radius 1 is 1.29 bits per heavy atom. The molecule has 0 aliphatic heterocycles. The largest absolute Gasteiger partial charge is 0.497 e. The normalized spacial score (nSPS) is 10.8. The molecule has 0 saturated heterocycles. The van der Waals surface area contributed by atoms with Crippen LogP contribution in [0.25, 0.3) is 22.4 Å². The minimum Gasteiger partial charge on any atom is -0.497 e. The van der Waals surface area contributed by atoms with E-state index < -0.39 is 4.92 Å². The highest BCUT2D eigenvalue weighted by Crippen LogP contribution is 2.30. The molecule has 0 atom stereocenters. The van der Waals surface area contributed by atoms with Crippen molar-refractivity contribution in [3.63, 3.8) is 0 Å². The lowest BCUT2D eigenvalue weighted by Gasteiger charge is -1.99. The van der Waals surface area contributed by atoms with E-state index in [-0.39, 0.29) is 10.7 Å². The molecule has 0 bridgehead atoms. The zero-order valence-corrected chi connectivity index (χ0v) is 11.7. The lowest BCUT2D eigenvalue weighted by Crippen LogP contribution is -1.90. The van der Waals surface area contributed by atoms with Crippen LogP contribution in [0.15, 0.2) is 36.4 Å². The summed E-state index contributed by atoms with van der Waals surface area (Å²) in [5, 5.41) is 11.0. The van der Waals surface area contributed by atoms with Crippen molar-refractivity contribution >= 4 is 28.3 Å². The molecule has 0 saturated carbocycles. The average Bonchev–Trinajstić information content (AvgIpc) is 2.90. The van der Waals surface area contributed by atoms with Crippen LogP contribution < -0.4 is 4.74 Å². The Balaban J connectivity index is 2.12. The number of hydrogen-bond acceptors (Lipinski definition) is 4. The second-order valence-corrected chi connectivity index (χ2v) is 4.80. The maximum Gasteiger partial charge on any atom is 0.288 e. The van der Waals surface area contributed by atoms with E-state index in [0.29, 0.717) is 17.1 Å². The molecule has 0 aliphatic carbocycles. The van der Waals surface area contributed by atoms with Crippen molar-refractivity contribution in [3.8, 4) is 17.1 Å². The van der Waals surface area contributed by atoms with Crippen molar-refractivity contribution in [2.75, 3.05) is 7.11 Å². The minimum absolute atomic E-state index is 0.0986. The number of benzene rings is 2. The first-order valence-electron chi connectivity index (χ1n) is 6.06. The number of nitrogens with one attached hydrogen (secondary N) is 1. The number of rotatable bonds is 3. The Morgan fingerprint density at radius 2 is 2.10 bits per heavy atom. The van der Waals surface area contributed by atoms with Gasteiger partial charge in [0, 0.05) is 17.7 Å². The van der Waals surface area contributed by atoms with Crippen LogP contribution in [0.3, 0.4) is 0 Å². The number of nitrogens with zero attached hydrogens (tertiary/aromatic N) is 2. The van der Waals surface area contributed by atoms with Gasteiger partial charge in [-0.15, -0.1) is 0 Å². The van der Waals surface area contributed by atoms with E-state index in [1.54, 1.807) is 19.2 Å². The molecule has 106 valence electrons. The van der Waals surface area contributed by atoms with Crippen LogP contribution in [0.5, 0.6) is 5.75 Å². The smallest absolute Gasteiger partial charge is 0.288 e. The topological polar surface area (TPSA) is 81.1 Å². The standard InChI is InChI=1S/C14H10ClN3O3/c1-21-9-3-5-11-12(7-9)17-14(16-11)8-2-4-10(15)13(6-8)18(19)20/h2-7H,1H3,(H,16,17). The Kier molecular flexibility index (Phi) is 3.23. The Morgan fingerprint density at radius 3 is 2.81 bits per heavy atom. The highest BCUT2D eigenvalue weighted by atomic mass is 35.5. The predicted molar refractivity (Wildman–Crippen MR) is 79.7 cm³/mol. The molecule has 2 aromatic carbocycles. The summed E-state index contributed by atoms with van der Waals surface area (Å²) in [6.45, 7) is 0. The number of aromatic amines is 1. The van der Waals surface area contributed by atoms with Crippen LogP contribution in [0.2, 0.25) is 5.02 Å². The lowest BCUT2D eigenvalue weighted by atomic mass is 10.2. The summed E-state index contributed by atoms with van der Waals surface area (Å²) < 4.78 is 5.15. The van der Waals surface area contributed by atoms with E-state index in [4.69, 9.17) is 16.3 Å². The molecule has 21 heavy (non-hydrogen) atoms. The second-order valence-electron chi connectivity index (χ2n) is 4.39. The van der Waals surface area contributed by atoms with Crippen molar-refractivity contribution in [1.82, 2.24) is 9.97 Å². The molecule has 0 amide bonds. The number of nitro groups is 1. The number of fused-ring (bicyclic) bond motifs is 1. The molecule has 6 nitrogen and oxygen atoms in total. The summed E-state index contributed by atoms with van der Waals surface area (Å²) in [6.07, 6.45) is 0. The zero-order valence-electron chi connectivity index (χ0n) is 11.0. The lowest BCUT2D eigenvalue weighted by molar-refractivity contribution is -0.384. The number of imidazole rings is 1. The van der Waals surface area contributed by atoms with E-state index in [0.717, 1.165) is 11.0 Å². The van der Waals surface area contributed by atoms with E-state index >= 15 is 0 Å². The third kappa shape index (κ3) is 2.41. The summed E-state index contributed by atoms with van der Waals surface area (Å²) in [6, 6.07) is 10.0. The number of halogens is 1. The SMILES string of the molecule is COc1ccc2nc(-c3ccc(Cl)c([N+](=O)[O-])c3)[nH]c2c1. The summed E-state index contributed by atoms with van der Waals surface area (Å²) in [5.41, 5.74) is 2.00. The summed E-state index contributed by atoms with van der Waals surface area (Å²) in [4.78, 5) is 17.9. The predicted octanol–water partition coefficient (Wildman–Crippen LogP) is 3.80. The van der Waals surface area contributed by atoms with Gasteiger partial charge in [0.15, 0.2) is 0 Å². The van der Waals surface area contributed by atoms with E-state index in [1.807, 2.05) is 12.1 Å². The maximum absolute atomic E-state index is 10.9. The summed E-state index contributed by atoms with van der Waals surface area (Å²) >= 11 is 5.81. The molecule has 1 aromatic heterocycles. The van der Waals surface area contributed by atoms with Crippen LogP contribution in [-0.2, 0) is 0 Å². The van der Waals surface area contributed by atoms with Gasteiger partial charge in [0.2, 0.25) is 0 Å². The molecular weight excluding hydrogens is 294 g/mol. The first-order chi connectivity index (χ1) is 10.1. The van der Waals surface area contributed by atoms with Gasteiger partial charge < -0.3 is 9.72 Å². The van der Waals surface area contributed by atoms with Gasteiger partial charge in [0.25, 0.3) is 5.69 Å². The van der Waals surface area contributed by atoms with E-state index in [2.05, 4.69) is 9.97 Å². The number of hydrogen-bond donors (Lipinski definition) is 1. The monoisotopic (exact) mass is 303 g/mol. The van der Waals surface area contributed by atoms with Crippen molar-refractivity contribution in [3.05, 3.63) is 51.5 Å². The van der Waals surface area contributed by atoms with Gasteiger partial charge in [-0.25, -0.2) is 4.98 Å². The summed E-state index contributed by atoms with van der Waals surface area (Å²) in [5.74, 6) is 1.25. The minimum atomic E-state index is -0.516. The third-order valence-electron chi connectivity index (χ3n) is 3.11. The van der Waals surface area contributed by atoms with Crippen LogP contribution >= 0.6 is 11.6 Å². The van der Waals surface area contributed by atoms with Crippen molar-refractivity contribution < 1.29 is 9.66 Å². The first kappa shape index (κ1) is 13.4. The highest BCUT2D eigenvalue weighted by molar-refractivity contribution is 6.32. The number of nitro benzene ring substituents is 1. The number of methoxy groups -OCH3 is 1. The summed E-state index contributed by atoms with van der Waals surface area (Å²) in [7, 11) is 1.58. The third-order valence-corrected chi connectivity index (χ3v) is 3.42. The van der Waals surface area contributed by atoms with Crippen molar-refractivity contribution in [2.45, 2.75) is 0 Å². The van der Waals surface area contributed by atoms with Gasteiger partial charge in [-0.05, 0) is 24.3 Å². The number of aromatic nitrogens is 2. The van der Waals surface area contributed by atoms with Crippen molar-refractivity contribution in [2.24, 2.45) is 0 Å². The van der Waals surface area contributed by atoms with Crippen LogP contribution in [0.1, 0.15) is 0 Å². The molecule has 0 aliphatic rings. The van der Waals surface area contributed by atoms with Gasteiger partial charge in [-0.2, -0.15) is 0 Å². The molecule has 0 fully saturated rings. The molecular formula is C14H10ClN3O3. The molecule has 3 aromatic rings. The Labute approximate surface area is 124 Å². The molecule has 0 unspecified atom stereocenters. The van der Waals surface area contributed by atoms with E-state index in [9.17, 15) is 10.1 Å². The fraction of sp³-hybridized carbons (Fsp3) is 0.0714. The van der Waals surface area contributed by atoms with Gasteiger partial charge in [0.1, 0.15) is 16.6 Å². The number of H-pyrrole nitrogens is 1. The fourth-order valence-electron chi connectivity index (χ4n) is 2.05. The highest BCUT2D eigenvalue weighted by Gasteiger charge is 2.15. The number of ether oxygens (including phenoxy) is 1. The average molecular weight is 304 g/mol. The van der Waals surface area contributed by atoms with Gasteiger partial charge in [-0.3, -0.25) is 10.1 Å². The van der Waals surface area contributed by atoms with Gasteiger partial charge >= 0.3 is 0 Å². The van der Waals surface area contributed by atoms with Gasteiger partial charge in [0.05, 0.1) is 23.1 Å². The Bertz CT molecular complexity index is 845. The van der Waals surface area contributed by atoms with Gasteiger partial charge in [-0.1, -0.05) is 11.6 Å². The zero-order chi connectivity index (χ0) is 15.0. The Hall–Kier alpha value is -2.60. The molecule has 7 heteroatoms. The van der Waals surface area contributed by atoms with Crippen LogP contribution in [0, 0.1) is 10.1 Å². The fourth-order valence-corrected chi connectivity index (χ4v) is 2.24. The van der Waals surface area contributed by atoms with Crippen LogP contribution in [-0.4, -0.2) is 22.0 Å². The molecule has 0 radical (unpaired) electrons. The van der Waals surface area contributed by atoms with E-state index in [1.165, 1.54) is 12.1 Å². The quantitative estimate of drug-likeness (QED) is 0.589.